The Bertz CT molecular complexity index is 589. The van der Waals surface area contributed by atoms with Crippen molar-refractivity contribution in [2.75, 3.05) is 0 Å². The van der Waals surface area contributed by atoms with Crippen molar-refractivity contribution in [3.05, 3.63) is 62.9 Å². The average Bonchev–Trinajstić information content (AvgIpc) is 2.37. The summed E-state index contributed by atoms with van der Waals surface area (Å²) in [4.78, 5) is 4.13. The molecule has 92 valence electrons. The topological polar surface area (TPSA) is 12.9 Å². The van der Waals surface area contributed by atoms with Crippen molar-refractivity contribution in [1.29, 1.82) is 0 Å². The number of benzene rings is 1. The maximum atomic E-state index is 6.13. The van der Waals surface area contributed by atoms with E-state index in [0.29, 0.717) is 10.3 Å². The lowest BCUT2D eigenvalue weighted by atomic mass is 10.1. The van der Waals surface area contributed by atoms with E-state index in [4.69, 9.17) is 23.2 Å². The number of nitrogens with zero attached hydrogens (tertiary/aromatic N) is 1. The van der Waals surface area contributed by atoms with Crippen LogP contribution in [0.15, 0.2) is 30.3 Å². The quantitative estimate of drug-likeness (QED) is 0.690. The molecule has 0 N–H and O–H groups in total. The van der Waals surface area contributed by atoms with Crippen molar-refractivity contribution in [1.82, 2.24) is 4.98 Å². The molecule has 0 atom stereocenters. The second-order valence-corrected chi connectivity index (χ2v) is 4.82. The SMILES string of the molecule is Cc1c(Cl)nc(Cl)c(/C=C/c2ccccc2)c1C. The van der Waals surface area contributed by atoms with Crippen LogP contribution in [0, 0.1) is 13.8 Å². The Balaban J connectivity index is 2.41. The van der Waals surface area contributed by atoms with Gasteiger partial charge in [-0.25, -0.2) is 4.98 Å². The summed E-state index contributed by atoms with van der Waals surface area (Å²) in [6.07, 6.45) is 3.99. The predicted octanol–water partition coefficient (Wildman–Crippen LogP) is 5.18. The molecule has 0 aliphatic carbocycles. The molecule has 0 aliphatic rings. The van der Waals surface area contributed by atoms with Crippen molar-refractivity contribution in [2.45, 2.75) is 13.8 Å². The number of rotatable bonds is 2. The van der Waals surface area contributed by atoms with E-state index >= 15 is 0 Å². The fourth-order valence-electron chi connectivity index (χ4n) is 1.68. The van der Waals surface area contributed by atoms with Crippen LogP contribution in [-0.2, 0) is 0 Å². The molecule has 18 heavy (non-hydrogen) atoms. The predicted molar refractivity (Wildman–Crippen MR) is 79.1 cm³/mol. The number of aromatic nitrogens is 1. The van der Waals surface area contributed by atoms with E-state index in [1.807, 2.05) is 56.3 Å². The van der Waals surface area contributed by atoms with E-state index in [1.54, 1.807) is 0 Å². The van der Waals surface area contributed by atoms with Gasteiger partial charge in [0.15, 0.2) is 0 Å². The molecule has 0 amide bonds. The normalized spacial score (nSPS) is 11.1. The average molecular weight is 278 g/mol. The van der Waals surface area contributed by atoms with Crippen LogP contribution in [0.3, 0.4) is 0 Å². The molecule has 0 saturated carbocycles. The lowest BCUT2D eigenvalue weighted by Gasteiger charge is -2.08. The van der Waals surface area contributed by atoms with Gasteiger partial charge < -0.3 is 0 Å². The summed E-state index contributed by atoms with van der Waals surface area (Å²) in [5, 5.41) is 0.907. The Labute approximate surface area is 117 Å². The van der Waals surface area contributed by atoms with Crippen LogP contribution in [0.25, 0.3) is 12.2 Å². The van der Waals surface area contributed by atoms with E-state index in [2.05, 4.69) is 4.98 Å². The summed E-state index contributed by atoms with van der Waals surface area (Å²) in [6, 6.07) is 10.1. The molecular formula is C15H13Cl2N. The molecule has 1 aromatic heterocycles. The van der Waals surface area contributed by atoms with Crippen molar-refractivity contribution in [2.24, 2.45) is 0 Å². The summed E-state index contributed by atoms with van der Waals surface area (Å²) in [5.41, 5.74) is 4.07. The summed E-state index contributed by atoms with van der Waals surface area (Å²) < 4.78 is 0. The van der Waals surface area contributed by atoms with Crippen molar-refractivity contribution in [3.63, 3.8) is 0 Å². The lowest BCUT2D eigenvalue weighted by molar-refractivity contribution is 1.20. The Kier molecular flexibility index (Phi) is 4.05. The fraction of sp³-hybridized carbons (Fsp3) is 0.133. The molecular weight excluding hydrogens is 265 g/mol. The smallest absolute Gasteiger partial charge is 0.138 e. The van der Waals surface area contributed by atoms with Crippen molar-refractivity contribution < 1.29 is 0 Å². The second-order valence-electron chi connectivity index (χ2n) is 4.10. The van der Waals surface area contributed by atoms with Crippen LogP contribution in [-0.4, -0.2) is 4.98 Å². The highest BCUT2D eigenvalue weighted by molar-refractivity contribution is 6.34. The van der Waals surface area contributed by atoms with Crippen molar-refractivity contribution in [3.8, 4) is 0 Å². The number of hydrogen-bond acceptors (Lipinski definition) is 1. The molecule has 0 aliphatic heterocycles. The summed E-state index contributed by atoms with van der Waals surface area (Å²) in [5.74, 6) is 0. The molecule has 1 nitrogen and oxygen atoms in total. The third-order valence-electron chi connectivity index (χ3n) is 2.94. The third kappa shape index (κ3) is 2.74. The van der Waals surface area contributed by atoms with Crippen LogP contribution in [0.1, 0.15) is 22.3 Å². The highest BCUT2D eigenvalue weighted by Crippen LogP contribution is 2.27. The molecule has 0 spiro atoms. The molecule has 0 fully saturated rings. The first kappa shape index (κ1) is 13.1. The molecule has 0 bridgehead atoms. The van der Waals surface area contributed by atoms with Gasteiger partial charge in [-0.15, -0.1) is 0 Å². The zero-order chi connectivity index (χ0) is 13.1. The maximum Gasteiger partial charge on any atom is 0.138 e. The molecule has 3 heteroatoms. The Morgan fingerprint density at radius 2 is 1.56 bits per heavy atom. The van der Waals surface area contributed by atoms with Gasteiger partial charge in [0.05, 0.1) is 0 Å². The van der Waals surface area contributed by atoms with Gasteiger partial charge in [0.25, 0.3) is 0 Å². The Morgan fingerprint density at radius 1 is 0.889 bits per heavy atom. The number of pyridine rings is 1. The van der Waals surface area contributed by atoms with E-state index < -0.39 is 0 Å². The van der Waals surface area contributed by atoms with Gasteiger partial charge in [-0.2, -0.15) is 0 Å². The largest absolute Gasteiger partial charge is 0.223 e. The van der Waals surface area contributed by atoms with Crippen LogP contribution in [0.5, 0.6) is 0 Å². The van der Waals surface area contributed by atoms with Gasteiger partial charge in [-0.05, 0) is 30.5 Å². The van der Waals surface area contributed by atoms with Crippen LogP contribution in [0.4, 0.5) is 0 Å². The highest BCUT2D eigenvalue weighted by atomic mass is 35.5. The van der Waals surface area contributed by atoms with Crippen LogP contribution >= 0.6 is 23.2 Å². The van der Waals surface area contributed by atoms with E-state index in [1.165, 1.54) is 0 Å². The number of hydrogen-bond donors (Lipinski definition) is 0. The third-order valence-corrected chi connectivity index (χ3v) is 3.59. The first-order valence-electron chi connectivity index (χ1n) is 5.65. The summed E-state index contributed by atoms with van der Waals surface area (Å²) in [6.45, 7) is 3.94. The van der Waals surface area contributed by atoms with Gasteiger partial charge in [-0.1, -0.05) is 65.7 Å². The van der Waals surface area contributed by atoms with Gasteiger partial charge in [0, 0.05) is 5.56 Å². The molecule has 1 aromatic carbocycles. The minimum Gasteiger partial charge on any atom is -0.223 e. The second kappa shape index (κ2) is 5.55. The summed E-state index contributed by atoms with van der Waals surface area (Å²) in [7, 11) is 0. The van der Waals surface area contributed by atoms with E-state index in [9.17, 15) is 0 Å². The van der Waals surface area contributed by atoms with Gasteiger partial charge in [0.2, 0.25) is 0 Å². The zero-order valence-corrected chi connectivity index (χ0v) is 11.8. The highest BCUT2D eigenvalue weighted by Gasteiger charge is 2.09. The van der Waals surface area contributed by atoms with Crippen molar-refractivity contribution >= 4 is 35.4 Å². The first-order valence-corrected chi connectivity index (χ1v) is 6.40. The lowest BCUT2D eigenvalue weighted by Crippen LogP contribution is -1.93. The Hall–Kier alpha value is -1.31. The molecule has 0 saturated heterocycles. The fourth-order valence-corrected chi connectivity index (χ4v) is 2.24. The van der Waals surface area contributed by atoms with Crippen LogP contribution in [0.2, 0.25) is 10.3 Å². The zero-order valence-electron chi connectivity index (χ0n) is 10.2. The maximum absolute atomic E-state index is 6.13. The summed E-state index contributed by atoms with van der Waals surface area (Å²) >= 11 is 12.1. The van der Waals surface area contributed by atoms with E-state index in [-0.39, 0.29) is 0 Å². The minimum absolute atomic E-state index is 0.440. The molecule has 2 aromatic rings. The Morgan fingerprint density at radius 3 is 2.22 bits per heavy atom. The molecule has 0 radical (unpaired) electrons. The molecule has 0 unspecified atom stereocenters. The monoisotopic (exact) mass is 277 g/mol. The van der Waals surface area contributed by atoms with Crippen LogP contribution < -0.4 is 0 Å². The van der Waals surface area contributed by atoms with E-state index in [0.717, 1.165) is 22.3 Å². The molecule has 1 heterocycles. The minimum atomic E-state index is 0.440. The van der Waals surface area contributed by atoms with Gasteiger partial charge in [0.1, 0.15) is 10.3 Å². The molecule has 2 rings (SSSR count). The standard InChI is InChI=1S/C15H13Cl2N/c1-10-11(2)14(16)18-15(17)13(10)9-8-12-6-4-3-5-7-12/h3-9H,1-2H3/b9-8+. The first-order chi connectivity index (χ1) is 8.59. The van der Waals surface area contributed by atoms with Gasteiger partial charge >= 0.3 is 0 Å². The number of halogens is 2. The van der Waals surface area contributed by atoms with Gasteiger partial charge in [-0.3, -0.25) is 0 Å².